The van der Waals surface area contributed by atoms with E-state index in [0.29, 0.717) is 16.8 Å². The summed E-state index contributed by atoms with van der Waals surface area (Å²) in [6.45, 7) is 0.594. The van der Waals surface area contributed by atoms with Crippen LogP contribution >= 0.6 is 11.3 Å². The Balaban J connectivity index is 1.63. The molecule has 0 unspecified atom stereocenters. The average Bonchev–Trinajstić information content (AvgIpc) is 3.03. The summed E-state index contributed by atoms with van der Waals surface area (Å²) in [5, 5.41) is 2.39. The SMILES string of the molecule is CN(Cc1cccc(F)c1)C(=O)CCn1cnc2sccc2c1=O. The van der Waals surface area contributed by atoms with Crippen LogP contribution in [0, 0.1) is 5.82 Å². The number of hydrogen-bond acceptors (Lipinski definition) is 4. The smallest absolute Gasteiger partial charge is 0.262 e. The topological polar surface area (TPSA) is 55.2 Å². The van der Waals surface area contributed by atoms with Gasteiger partial charge in [0.1, 0.15) is 10.6 Å². The molecule has 1 aromatic carbocycles. The number of halogens is 1. The standard InChI is InChI=1S/C17H16FN3O2S/c1-20(10-12-3-2-4-13(18)9-12)15(22)5-7-21-11-19-16-14(17(21)23)6-8-24-16/h2-4,6,8-9,11H,5,7,10H2,1H3. The van der Waals surface area contributed by atoms with E-state index in [9.17, 15) is 14.0 Å². The van der Waals surface area contributed by atoms with E-state index >= 15 is 0 Å². The van der Waals surface area contributed by atoms with E-state index in [4.69, 9.17) is 0 Å². The van der Waals surface area contributed by atoms with E-state index < -0.39 is 0 Å². The van der Waals surface area contributed by atoms with Gasteiger partial charge >= 0.3 is 0 Å². The number of amides is 1. The van der Waals surface area contributed by atoms with Crippen LogP contribution in [-0.2, 0) is 17.9 Å². The Morgan fingerprint density at radius 2 is 2.21 bits per heavy atom. The molecule has 0 radical (unpaired) electrons. The van der Waals surface area contributed by atoms with Crippen LogP contribution in [0.2, 0.25) is 0 Å². The lowest BCUT2D eigenvalue weighted by Gasteiger charge is -2.17. The first kappa shape index (κ1) is 16.3. The van der Waals surface area contributed by atoms with Crippen LogP contribution in [0.4, 0.5) is 4.39 Å². The quantitative estimate of drug-likeness (QED) is 0.714. The predicted octanol–water partition coefficient (Wildman–Crippen LogP) is 2.65. The number of carbonyl (C=O) groups is 1. The second-order valence-corrected chi connectivity index (χ2v) is 6.41. The molecule has 124 valence electrons. The van der Waals surface area contributed by atoms with Crippen molar-refractivity contribution < 1.29 is 9.18 Å². The maximum atomic E-state index is 13.2. The van der Waals surface area contributed by atoms with Gasteiger partial charge < -0.3 is 4.90 Å². The molecule has 3 aromatic rings. The summed E-state index contributed by atoms with van der Waals surface area (Å²) in [4.78, 5) is 30.9. The van der Waals surface area contributed by atoms with Gasteiger partial charge in [-0.3, -0.25) is 14.2 Å². The zero-order valence-corrected chi connectivity index (χ0v) is 13.9. The van der Waals surface area contributed by atoms with Gasteiger partial charge in [-0.25, -0.2) is 9.37 Å². The highest BCUT2D eigenvalue weighted by Gasteiger charge is 2.11. The third-order valence-electron chi connectivity index (χ3n) is 3.75. The third-order valence-corrected chi connectivity index (χ3v) is 4.57. The van der Waals surface area contributed by atoms with Crippen molar-refractivity contribution in [3.05, 3.63) is 63.8 Å². The molecular weight excluding hydrogens is 329 g/mol. The van der Waals surface area contributed by atoms with Gasteiger partial charge in [0.15, 0.2) is 0 Å². The van der Waals surface area contributed by atoms with Gasteiger partial charge in [0.25, 0.3) is 5.56 Å². The molecule has 3 rings (SSSR count). The van der Waals surface area contributed by atoms with Crippen molar-refractivity contribution in [2.75, 3.05) is 7.05 Å². The van der Waals surface area contributed by atoms with E-state index in [-0.39, 0.29) is 30.2 Å². The molecule has 0 bridgehead atoms. The summed E-state index contributed by atoms with van der Waals surface area (Å²) < 4.78 is 14.6. The van der Waals surface area contributed by atoms with Gasteiger partial charge in [-0.15, -0.1) is 11.3 Å². The highest BCUT2D eigenvalue weighted by Crippen LogP contribution is 2.13. The van der Waals surface area contributed by atoms with Gasteiger partial charge in [-0.1, -0.05) is 12.1 Å². The van der Waals surface area contributed by atoms with Crippen LogP contribution in [0.3, 0.4) is 0 Å². The largest absolute Gasteiger partial charge is 0.341 e. The maximum absolute atomic E-state index is 13.2. The molecule has 0 aliphatic heterocycles. The predicted molar refractivity (Wildman–Crippen MR) is 91.4 cm³/mol. The lowest BCUT2D eigenvalue weighted by Crippen LogP contribution is -2.29. The van der Waals surface area contributed by atoms with Crippen LogP contribution < -0.4 is 5.56 Å². The van der Waals surface area contributed by atoms with Crippen molar-refractivity contribution in [3.63, 3.8) is 0 Å². The Bertz CT molecular complexity index is 935. The van der Waals surface area contributed by atoms with Crippen molar-refractivity contribution in [2.45, 2.75) is 19.5 Å². The molecule has 0 spiro atoms. The molecule has 0 atom stereocenters. The van der Waals surface area contributed by atoms with Gasteiger partial charge in [-0.2, -0.15) is 0 Å². The number of aryl methyl sites for hydroxylation is 1. The molecule has 0 fully saturated rings. The number of hydrogen-bond donors (Lipinski definition) is 0. The molecule has 0 saturated carbocycles. The fraction of sp³-hybridized carbons (Fsp3) is 0.235. The normalized spacial score (nSPS) is 10.9. The van der Waals surface area contributed by atoms with Crippen LogP contribution in [0.5, 0.6) is 0 Å². The summed E-state index contributed by atoms with van der Waals surface area (Å²) >= 11 is 1.41. The Labute approximate surface area is 142 Å². The zero-order chi connectivity index (χ0) is 17.1. The summed E-state index contributed by atoms with van der Waals surface area (Å²) in [5.74, 6) is -0.438. The first-order chi connectivity index (χ1) is 11.5. The number of carbonyl (C=O) groups excluding carboxylic acids is 1. The first-order valence-corrected chi connectivity index (χ1v) is 8.33. The van der Waals surface area contributed by atoms with Crippen molar-refractivity contribution in [2.24, 2.45) is 0 Å². The number of thiophene rings is 1. The zero-order valence-electron chi connectivity index (χ0n) is 13.1. The van der Waals surface area contributed by atoms with Crippen LogP contribution in [0.15, 0.2) is 46.8 Å². The van der Waals surface area contributed by atoms with Gasteiger partial charge in [0.05, 0.1) is 11.7 Å². The molecule has 7 heteroatoms. The summed E-state index contributed by atoms with van der Waals surface area (Å²) in [7, 11) is 1.66. The number of rotatable bonds is 5. The number of fused-ring (bicyclic) bond motifs is 1. The minimum atomic E-state index is -0.324. The molecule has 1 amide bonds. The Morgan fingerprint density at radius 1 is 1.38 bits per heavy atom. The van der Waals surface area contributed by atoms with E-state index in [1.165, 1.54) is 39.3 Å². The summed E-state index contributed by atoms with van der Waals surface area (Å²) in [5.41, 5.74) is 0.589. The monoisotopic (exact) mass is 345 g/mol. The number of nitrogens with zero attached hydrogens (tertiary/aromatic N) is 3. The van der Waals surface area contributed by atoms with E-state index in [2.05, 4.69) is 4.98 Å². The van der Waals surface area contributed by atoms with Gasteiger partial charge in [-0.05, 0) is 29.1 Å². The van der Waals surface area contributed by atoms with Crippen LogP contribution in [0.25, 0.3) is 10.2 Å². The highest BCUT2D eigenvalue weighted by atomic mass is 32.1. The minimum Gasteiger partial charge on any atom is -0.341 e. The fourth-order valence-electron chi connectivity index (χ4n) is 2.46. The average molecular weight is 345 g/mol. The van der Waals surface area contributed by atoms with Crippen molar-refractivity contribution >= 4 is 27.5 Å². The lowest BCUT2D eigenvalue weighted by molar-refractivity contribution is -0.130. The van der Waals surface area contributed by atoms with Crippen molar-refractivity contribution in [1.82, 2.24) is 14.5 Å². The third kappa shape index (κ3) is 3.51. The lowest BCUT2D eigenvalue weighted by atomic mass is 10.2. The van der Waals surface area contributed by atoms with Gasteiger partial charge in [0, 0.05) is 26.6 Å². The van der Waals surface area contributed by atoms with Gasteiger partial charge in [0.2, 0.25) is 5.91 Å². The van der Waals surface area contributed by atoms with Crippen molar-refractivity contribution in [1.29, 1.82) is 0 Å². The Morgan fingerprint density at radius 3 is 3.00 bits per heavy atom. The summed E-state index contributed by atoms with van der Waals surface area (Å²) in [6, 6.07) is 7.90. The summed E-state index contributed by atoms with van der Waals surface area (Å²) in [6.07, 6.45) is 1.66. The maximum Gasteiger partial charge on any atom is 0.262 e. The molecule has 24 heavy (non-hydrogen) atoms. The van der Waals surface area contributed by atoms with E-state index in [0.717, 1.165) is 5.56 Å². The van der Waals surface area contributed by atoms with E-state index in [1.54, 1.807) is 25.2 Å². The van der Waals surface area contributed by atoms with E-state index in [1.807, 2.05) is 5.38 Å². The highest BCUT2D eigenvalue weighted by molar-refractivity contribution is 7.16. The molecule has 0 aliphatic carbocycles. The Hall–Kier alpha value is -2.54. The Kier molecular flexibility index (Phi) is 4.71. The molecule has 0 saturated heterocycles. The second kappa shape index (κ2) is 6.92. The molecular formula is C17H16FN3O2S. The molecule has 2 heterocycles. The molecule has 2 aromatic heterocycles. The minimum absolute atomic E-state index is 0.114. The number of aromatic nitrogens is 2. The second-order valence-electron chi connectivity index (χ2n) is 5.51. The number of benzene rings is 1. The molecule has 0 aliphatic rings. The van der Waals surface area contributed by atoms with Crippen molar-refractivity contribution in [3.8, 4) is 0 Å². The molecule has 0 N–H and O–H groups in total. The van der Waals surface area contributed by atoms with Crippen LogP contribution in [-0.4, -0.2) is 27.4 Å². The first-order valence-electron chi connectivity index (χ1n) is 7.45. The molecule has 5 nitrogen and oxygen atoms in total. The fourth-order valence-corrected chi connectivity index (χ4v) is 3.18. The van der Waals surface area contributed by atoms with Crippen LogP contribution in [0.1, 0.15) is 12.0 Å².